The second-order valence-electron chi connectivity index (χ2n) is 4.77. The fourth-order valence-electron chi connectivity index (χ4n) is 2.51. The van der Waals surface area contributed by atoms with Gasteiger partial charge in [0, 0.05) is 11.7 Å². The maximum absolute atomic E-state index is 4.75. The van der Waals surface area contributed by atoms with Crippen molar-refractivity contribution in [2.45, 2.75) is 64.8 Å². The molecule has 0 saturated heterocycles. The molecular formula is C13H22N2. The number of aromatic nitrogens is 2. The molecule has 1 atom stereocenters. The van der Waals surface area contributed by atoms with Crippen LogP contribution < -0.4 is 0 Å². The van der Waals surface area contributed by atoms with Crippen LogP contribution in [0.15, 0.2) is 6.07 Å². The summed E-state index contributed by atoms with van der Waals surface area (Å²) in [4.78, 5) is 0. The van der Waals surface area contributed by atoms with E-state index < -0.39 is 0 Å². The Hall–Kier alpha value is -0.790. The molecule has 1 heterocycles. The summed E-state index contributed by atoms with van der Waals surface area (Å²) in [7, 11) is 0. The molecule has 0 saturated carbocycles. The summed E-state index contributed by atoms with van der Waals surface area (Å²) in [6, 6.07) is 2.91. The van der Waals surface area contributed by atoms with E-state index in [1.54, 1.807) is 0 Å². The summed E-state index contributed by atoms with van der Waals surface area (Å²) in [6.07, 6.45) is 8.92. The van der Waals surface area contributed by atoms with Crippen molar-refractivity contribution in [1.29, 1.82) is 0 Å². The van der Waals surface area contributed by atoms with Crippen LogP contribution >= 0.6 is 0 Å². The van der Waals surface area contributed by atoms with E-state index in [0.717, 1.165) is 0 Å². The standard InChI is InChI=1S/C13H22N2/c1-3-7-11(2)15-13-9-6-4-5-8-12(10-13)14-15/h10-11H,3-9H2,1-2H3. The molecule has 0 fully saturated rings. The Morgan fingerprint density at radius 3 is 2.93 bits per heavy atom. The van der Waals surface area contributed by atoms with Gasteiger partial charge in [0.05, 0.1) is 5.69 Å². The van der Waals surface area contributed by atoms with E-state index in [-0.39, 0.29) is 0 Å². The Morgan fingerprint density at radius 1 is 1.33 bits per heavy atom. The van der Waals surface area contributed by atoms with Gasteiger partial charge in [0.15, 0.2) is 0 Å². The predicted octanol–water partition coefficient (Wildman–Crippen LogP) is 3.51. The van der Waals surface area contributed by atoms with Crippen LogP contribution in [0.25, 0.3) is 0 Å². The SMILES string of the molecule is CCCC(C)n1nc2cc1CCCCC2. The maximum Gasteiger partial charge on any atom is 0.0627 e. The molecular weight excluding hydrogens is 184 g/mol. The molecule has 1 aromatic rings. The van der Waals surface area contributed by atoms with Crippen molar-refractivity contribution >= 4 is 0 Å². The van der Waals surface area contributed by atoms with Crippen molar-refractivity contribution in [1.82, 2.24) is 9.78 Å². The van der Waals surface area contributed by atoms with E-state index in [2.05, 4.69) is 24.6 Å². The lowest BCUT2D eigenvalue weighted by Crippen LogP contribution is -2.10. The van der Waals surface area contributed by atoms with Crippen LogP contribution in [0.5, 0.6) is 0 Å². The molecule has 1 aliphatic carbocycles. The topological polar surface area (TPSA) is 17.8 Å². The van der Waals surface area contributed by atoms with Crippen LogP contribution in [0, 0.1) is 0 Å². The Morgan fingerprint density at radius 2 is 2.13 bits per heavy atom. The van der Waals surface area contributed by atoms with Crippen LogP contribution in [0.4, 0.5) is 0 Å². The minimum atomic E-state index is 0.580. The van der Waals surface area contributed by atoms with Crippen molar-refractivity contribution in [2.24, 2.45) is 0 Å². The fourth-order valence-corrected chi connectivity index (χ4v) is 2.51. The van der Waals surface area contributed by atoms with E-state index in [1.165, 1.54) is 56.3 Å². The monoisotopic (exact) mass is 206 g/mol. The maximum atomic E-state index is 4.75. The van der Waals surface area contributed by atoms with Crippen LogP contribution in [-0.2, 0) is 12.8 Å². The zero-order chi connectivity index (χ0) is 10.7. The first-order valence-electron chi connectivity index (χ1n) is 6.38. The highest BCUT2D eigenvalue weighted by molar-refractivity contribution is 5.12. The number of nitrogens with zero attached hydrogens (tertiary/aromatic N) is 2. The average Bonchev–Trinajstić information content (AvgIpc) is 2.59. The fraction of sp³-hybridized carbons (Fsp3) is 0.769. The van der Waals surface area contributed by atoms with E-state index >= 15 is 0 Å². The molecule has 1 aliphatic rings. The quantitative estimate of drug-likeness (QED) is 0.740. The molecule has 1 aromatic heterocycles. The predicted molar refractivity (Wildman–Crippen MR) is 63.1 cm³/mol. The highest BCUT2D eigenvalue weighted by atomic mass is 15.3. The summed E-state index contributed by atoms with van der Waals surface area (Å²) in [5.74, 6) is 0. The smallest absolute Gasteiger partial charge is 0.0627 e. The zero-order valence-corrected chi connectivity index (χ0v) is 10.00. The molecule has 2 heteroatoms. The highest BCUT2D eigenvalue weighted by Crippen LogP contribution is 2.21. The van der Waals surface area contributed by atoms with E-state index in [0.29, 0.717) is 6.04 Å². The van der Waals surface area contributed by atoms with Crippen molar-refractivity contribution in [3.05, 3.63) is 17.5 Å². The van der Waals surface area contributed by atoms with E-state index in [4.69, 9.17) is 5.10 Å². The van der Waals surface area contributed by atoms with Crippen molar-refractivity contribution in [2.75, 3.05) is 0 Å². The van der Waals surface area contributed by atoms with Crippen molar-refractivity contribution in [3.63, 3.8) is 0 Å². The number of rotatable bonds is 3. The molecule has 0 aliphatic heterocycles. The third-order valence-electron chi connectivity index (χ3n) is 3.35. The second kappa shape index (κ2) is 4.82. The molecule has 2 rings (SSSR count). The lowest BCUT2D eigenvalue weighted by Gasteiger charge is -2.14. The van der Waals surface area contributed by atoms with Gasteiger partial charge in [-0.15, -0.1) is 0 Å². The number of fused-ring (bicyclic) bond motifs is 2. The summed E-state index contributed by atoms with van der Waals surface area (Å²) in [5.41, 5.74) is 2.78. The normalized spacial score (nSPS) is 18.3. The summed E-state index contributed by atoms with van der Waals surface area (Å²) in [5, 5.41) is 4.75. The Bertz CT molecular complexity index is 314. The number of hydrogen-bond donors (Lipinski definition) is 0. The molecule has 0 spiro atoms. The van der Waals surface area contributed by atoms with Gasteiger partial charge in [0.25, 0.3) is 0 Å². The van der Waals surface area contributed by atoms with E-state index in [1.807, 2.05) is 0 Å². The molecule has 0 radical (unpaired) electrons. The minimum Gasteiger partial charge on any atom is -0.267 e. The zero-order valence-electron chi connectivity index (χ0n) is 10.00. The highest BCUT2D eigenvalue weighted by Gasteiger charge is 2.14. The van der Waals surface area contributed by atoms with Gasteiger partial charge >= 0.3 is 0 Å². The molecule has 15 heavy (non-hydrogen) atoms. The van der Waals surface area contributed by atoms with Gasteiger partial charge in [-0.3, -0.25) is 4.68 Å². The Labute approximate surface area is 92.7 Å². The molecule has 0 N–H and O–H groups in total. The Kier molecular flexibility index (Phi) is 3.45. The second-order valence-corrected chi connectivity index (χ2v) is 4.77. The van der Waals surface area contributed by atoms with Crippen LogP contribution in [0.3, 0.4) is 0 Å². The Balaban J connectivity index is 2.20. The van der Waals surface area contributed by atoms with Gasteiger partial charge in [-0.05, 0) is 45.1 Å². The lowest BCUT2D eigenvalue weighted by atomic mass is 10.0. The first-order chi connectivity index (χ1) is 7.31. The van der Waals surface area contributed by atoms with Crippen molar-refractivity contribution < 1.29 is 0 Å². The van der Waals surface area contributed by atoms with Gasteiger partial charge in [0.1, 0.15) is 0 Å². The average molecular weight is 206 g/mol. The van der Waals surface area contributed by atoms with Crippen LogP contribution in [0.2, 0.25) is 0 Å². The first-order valence-corrected chi connectivity index (χ1v) is 6.38. The minimum absolute atomic E-state index is 0.580. The summed E-state index contributed by atoms with van der Waals surface area (Å²) < 4.78 is 2.28. The van der Waals surface area contributed by atoms with E-state index in [9.17, 15) is 0 Å². The third-order valence-corrected chi connectivity index (χ3v) is 3.35. The van der Waals surface area contributed by atoms with Crippen LogP contribution in [-0.4, -0.2) is 9.78 Å². The van der Waals surface area contributed by atoms with Gasteiger partial charge in [-0.1, -0.05) is 19.8 Å². The number of aryl methyl sites for hydroxylation is 2. The lowest BCUT2D eigenvalue weighted by molar-refractivity contribution is 0.437. The first kappa shape index (κ1) is 10.7. The molecule has 2 nitrogen and oxygen atoms in total. The molecule has 0 amide bonds. The van der Waals surface area contributed by atoms with Gasteiger partial charge < -0.3 is 0 Å². The largest absolute Gasteiger partial charge is 0.267 e. The molecule has 1 unspecified atom stereocenters. The van der Waals surface area contributed by atoms with Crippen molar-refractivity contribution in [3.8, 4) is 0 Å². The van der Waals surface area contributed by atoms with Gasteiger partial charge in [0.2, 0.25) is 0 Å². The molecule has 84 valence electrons. The molecule has 2 bridgehead atoms. The summed E-state index contributed by atoms with van der Waals surface area (Å²) in [6.45, 7) is 4.54. The van der Waals surface area contributed by atoms with Gasteiger partial charge in [-0.25, -0.2) is 0 Å². The van der Waals surface area contributed by atoms with Crippen LogP contribution in [0.1, 0.15) is 63.4 Å². The summed E-state index contributed by atoms with van der Waals surface area (Å²) >= 11 is 0. The number of hydrogen-bond acceptors (Lipinski definition) is 1. The van der Waals surface area contributed by atoms with Gasteiger partial charge in [-0.2, -0.15) is 5.10 Å². The third kappa shape index (κ3) is 2.42. The molecule has 0 aromatic carbocycles.